The third-order valence-corrected chi connectivity index (χ3v) is 3.52. The van der Waals surface area contributed by atoms with Gasteiger partial charge in [0.1, 0.15) is 5.76 Å². The SMILES string of the molecule is CCOC(=O)NCc1ccc(Cl)c(CCc2cc(C)on2)c1. The van der Waals surface area contributed by atoms with Crippen LogP contribution in [-0.2, 0) is 24.1 Å². The first-order valence-corrected chi connectivity index (χ1v) is 7.56. The standard InChI is InChI=1S/C16H19ClN2O3/c1-3-21-16(20)18-10-12-4-7-15(17)13(9-12)5-6-14-8-11(2)22-19-14/h4,7-9H,3,5-6,10H2,1-2H3,(H,18,20). The molecule has 2 aromatic rings. The summed E-state index contributed by atoms with van der Waals surface area (Å²) in [4.78, 5) is 11.3. The number of aromatic nitrogens is 1. The highest BCUT2D eigenvalue weighted by Gasteiger charge is 2.07. The van der Waals surface area contributed by atoms with Crippen molar-refractivity contribution in [3.8, 4) is 0 Å². The molecule has 6 heteroatoms. The van der Waals surface area contributed by atoms with Crippen LogP contribution in [0.3, 0.4) is 0 Å². The Bertz CT molecular complexity index is 640. The van der Waals surface area contributed by atoms with Crippen LogP contribution in [0.25, 0.3) is 0 Å². The van der Waals surface area contributed by atoms with Gasteiger partial charge in [0.15, 0.2) is 0 Å². The van der Waals surface area contributed by atoms with Gasteiger partial charge in [-0.05, 0) is 43.9 Å². The number of alkyl carbamates (subject to hydrolysis) is 1. The zero-order valence-electron chi connectivity index (χ0n) is 12.7. The molecule has 0 saturated heterocycles. The molecule has 0 spiro atoms. The van der Waals surface area contributed by atoms with Crippen LogP contribution in [0.4, 0.5) is 4.79 Å². The Hall–Kier alpha value is -2.01. The van der Waals surface area contributed by atoms with Gasteiger partial charge in [0.05, 0.1) is 12.3 Å². The van der Waals surface area contributed by atoms with Crippen molar-refractivity contribution in [2.24, 2.45) is 0 Å². The van der Waals surface area contributed by atoms with Crippen molar-refractivity contribution in [2.45, 2.75) is 33.2 Å². The summed E-state index contributed by atoms with van der Waals surface area (Å²) in [5, 5.41) is 7.37. The van der Waals surface area contributed by atoms with E-state index in [1.165, 1.54) is 0 Å². The molecular formula is C16H19ClN2O3. The lowest BCUT2D eigenvalue weighted by Gasteiger charge is -2.08. The van der Waals surface area contributed by atoms with Crippen LogP contribution in [0.2, 0.25) is 5.02 Å². The normalized spacial score (nSPS) is 10.5. The molecule has 0 aliphatic heterocycles. The third kappa shape index (κ3) is 4.77. The number of amides is 1. The number of carbonyl (C=O) groups is 1. The molecule has 22 heavy (non-hydrogen) atoms. The molecule has 0 radical (unpaired) electrons. The van der Waals surface area contributed by atoms with E-state index in [0.717, 1.165) is 35.4 Å². The van der Waals surface area contributed by atoms with E-state index in [9.17, 15) is 4.79 Å². The zero-order chi connectivity index (χ0) is 15.9. The number of carbonyl (C=O) groups excluding carboxylic acids is 1. The molecule has 0 aliphatic rings. The van der Waals surface area contributed by atoms with Crippen molar-refractivity contribution >= 4 is 17.7 Å². The van der Waals surface area contributed by atoms with Crippen LogP contribution in [-0.4, -0.2) is 17.9 Å². The quantitative estimate of drug-likeness (QED) is 0.881. The first kappa shape index (κ1) is 16.4. The second-order valence-corrected chi connectivity index (χ2v) is 5.34. The first-order chi connectivity index (χ1) is 10.6. The lowest BCUT2D eigenvalue weighted by atomic mass is 10.0. The Labute approximate surface area is 134 Å². The van der Waals surface area contributed by atoms with Crippen molar-refractivity contribution in [1.29, 1.82) is 0 Å². The van der Waals surface area contributed by atoms with E-state index in [1.807, 2.05) is 31.2 Å². The zero-order valence-corrected chi connectivity index (χ0v) is 13.4. The van der Waals surface area contributed by atoms with Gasteiger partial charge in [0.2, 0.25) is 0 Å². The predicted molar refractivity (Wildman–Crippen MR) is 84.0 cm³/mol. The summed E-state index contributed by atoms with van der Waals surface area (Å²) in [7, 11) is 0. The molecule has 1 heterocycles. The summed E-state index contributed by atoms with van der Waals surface area (Å²) in [5.74, 6) is 0.800. The van der Waals surface area contributed by atoms with Gasteiger partial charge < -0.3 is 14.6 Å². The van der Waals surface area contributed by atoms with E-state index < -0.39 is 6.09 Å². The molecule has 118 valence electrons. The van der Waals surface area contributed by atoms with E-state index in [4.69, 9.17) is 20.9 Å². The highest BCUT2D eigenvalue weighted by atomic mass is 35.5. The smallest absolute Gasteiger partial charge is 0.407 e. The van der Waals surface area contributed by atoms with Crippen molar-refractivity contribution < 1.29 is 14.1 Å². The number of halogens is 1. The monoisotopic (exact) mass is 322 g/mol. The van der Waals surface area contributed by atoms with Gasteiger partial charge in [-0.2, -0.15) is 0 Å². The fourth-order valence-corrected chi connectivity index (χ4v) is 2.30. The number of ether oxygens (including phenoxy) is 1. The second-order valence-electron chi connectivity index (χ2n) is 4.93. The fourth-order valence-electron chi connectivity index (χ4n) is 2.08. The van der Waals surface area contributed by atoms with Crippen molar-refractivity contribution in [3.63, 3.8) is 0 Å². The number of hydrogen-bond acceptors (Lipinski definition) is 4. The summed E-state index contributed by atoms with van der Waals surface area (Å²) < 4.78 is 9.88. The van der Waals surface area contributed by atoms with E-state index >= 15 is 0 Å². The van der Waals surface area contributed by atoms with E-state index in [1.54, 1.807) is 6.92 Å². The van der Waals surface area contributed by atoms with E-state index in [0.29, 0.717) is 18.2 Å². The molecule has 0 aliphatic carbocycles. The van der Waals surface area contributed by atoms with Crippen molar-refractivity contribution in [3.05, 3.63) is 51.9 Å². The Morgan fingerprint density at radius 3 is 2.86 bits per heavy atom. The maximum atomic E-state index is 11.3. The van der Waals surface area contributed by atoms with Crippen LogP contribution in [0.1, 0.15) is 29.5 Å². The average molecular weight is 323 g/mol. The van der Waals surface area contributed by atoms with Crippen LogP contribution >= 0.6 is 11.6 Å². The molecule has 0 unspecified atom stereocenters. The summed E-state index contributed by atoms with van der Waals surface area (Å²) in [5.41, 5.74) is 2.90. The maximum absolute atomic E-state index is 11.3. The van der Waals surface area contributed by atoms with Crippen molar-refractivity contribution in [2.75, 3.05) is 6.61 Å². The van der Waals surface area contributed by atoms with Crippen LogP contribution in [0, 0.1) is 6.92 Å². The fraction of sp³-hybridized carbons (Fsp3) is 0.375. The molecule has 0 fully saturated rings. The molecule has 0 saturated carbocycles. The van der Waals surface area contributed by atoms with Crippen molar-refractivity contribution in [1.82, 2.24) is 10.5 Å². The summed E-state index contributed by atoms with van der Waals surface area (Å²) in [6, 6.07) is 7.63. The minimum absolute atomic E-state index is 0.356. The van der Waals surface area contributed by atoms with Crippen LogP contribution < -0.4 is 5.32 Å². The second kappa shape index (κ2) is 7.84. The molecular weight excluding hydrogens is 304 g/mol. The van der Waals surface area contributed by atoms with Gasteiger partial charge in [-0.15, -0.1) is 0 Å². The van der Waals surface area contributed by atoms with Crippen LogP contribution in [0.15, 0.2) is 28.8 Å². The molecule has 0 bridgehead atoms. The lowest BCUT2D eigenvalue weighted by Crippen LogP contribution is -2.23. The first-order valence-electron chi connectivity index (χ1n) is 7.18. The molecule has 2 rings (SSSR count). The maximum Gasteiger partial charge on any atom is 0.407 e. The molecule has 5 nitrogen and oxygen atoms in total. The largest absolute Gasteiger partial charge is 0.450 e. The number of nitrogens with zero attached hydrogens (tertiary/aromatic N) is 1. The summed E-state index contributed by atoms with van der Waals surface area (Å²) >= 11 is 6.22. The van der Waals surface area contributed by atoms with Gasteiger partial charge in [-0.25, -0.2) is 4.79 Å². The summed E-state index contributed by atoms with van der Waals surface area (Å²) in [6.45, 7) is 4.40. The van der Waals surface area contributed by atoms with Gasteiger partial charge in [0.25, 0.3) is 0 Å². The Morgan fingerprint density at radius 1 is 1.36 bits per heavy atom. The number of rotatable bonds is 6. The number of benzene rings is 1. The minimum Gasteiger partial charge on any atom is -0.450 e. The number of hydrogen-bond donors (Lipinski definition) is 1. The van der Waals surface area contributed by atoms with Gasteiger partial charge in [0, 0.05) is 17.6 Å². The summed E-state index contributed by atoms with van der Waals surface area (Å²) in [6.07, 6.45) is 1.10. The van der Waals surface area contributed by atoms with Crippen LogP contribution in [0.5, 0.6) is 0 Å². The predicted octanol–water partition coefficient (Wildman–Crippen LogP) is 3.67. The average Bonchev–Trinajstić information content (AvgIpc) is 2.91. The highest BCUT2D eigenvalue weighted by molar-refractivity contribution is 6.31. The highest BCUT2D eigenvalue weighted by Crippen LogP contribution is 2.20. The minimum atomic E-state index is -0.419. The number of nitrogens with one attached hydrogen (secondary N) is 1. The van der Waals surface area contributed by atoms with E-state index in [2.05, 4.69) is 10.5 Å². The Balaban J connectivity index is 1.95. The molecule has 1 amide bonds. The molecule has 1 aromatic heterocycles. The van der Waals surface area contributed by atoms with E-state index in [-0.39, 0.29) is 0 Å². The van der Waals surface area contributed by atoms with Gasteiger partial charge in [-0.3, -0.25) is 0 Å². The molecule has 1 N–H and O–H groups in total. The number of aryl methyl sites for hydroxylation is 3. The Morgan fingerprint density at radius 2 is 2.18 bits per heavy atom. The Kier molecular flexibility index (Phi) is 5.83. The molecule has 1 aromatic carbocycles. The topological polar surface area (TPSA) is 64.4 Å². The lowest BCUT2D eigenvalue weighted by molar-refractivity contribution is 0.151. The van der Waals surface area contributed by atoms with Gasteiger partial charge >= 0.3 is 6.09 Å². The molecule has 0 atom stereocenters. The third-order valence-electron chi connectivity index (χ3n) is 3.15. The van der Waals surface area contributed by atoms with Gasteiger partial charge in [-0.1, -0.05) is 28.9 Å².